The first-order valence-electron chi connectivity index (χ1n) is 5.52. The number of hydrogen-bond donors (Lipinski definition) is 0. The average Bonchev–Trinajstić information content (AvgIpc) is 3.00. The molecule has 0 N–H and O–H groups in total. The van der Waals surface area contributed by atoms with Gasteiger partial charge in [0.15, 0.2) is 0 Å². The minimum Gasteiger partial charge on any atom is -0.376 e. The molecule has 2 heteroatoms. The molecular weight excluding hydrogens is 252 g/mol. The molecule has 2 rings (SSSR count). The predicted octanol–water partition coefficient (Wildman–Crippen LogP) is 3.77. The first kappa shape index (κ1) is 11.2. The van der Waals surface area contributed by atoms with Crippen LogP contribution in [0.25, 0.3) is 0 Å². The van der Waals surface area contributed by atoms with E-state index in [0.717, 1.165) is 18.5 Å². The van der Waals surface area contributed by atoms with Crippen molar-refractivity contribution < 1.29 is 4.74 Å². The molecule has 0 spiro atoms. The number of hydrogen-bond acceptors (Lipinski definition) is 1. The smallest absolute Gasteiger partial charge is 0.0717 e. The summed E-state index contributed by atoms with van der Waals surface area (Å²) < 4.78 is 5.78. The Morgan fingerprint density at radius 2 is 1.93 bits per heavy atom. The molecule has 0 aliphatic heterocycles. The van der Waals surface area contributed by atoms with E-state index in [1.165, 1.54) is 24.8 Å². The minimum atomic E-state index is 0.512. The fourth-order valence-corrected chi connectivity index (χ4v) is 2.64. The van der Waals surface area contributed by atoms with Gasteiger partial charge in [-0.25, -0.2) is 0 Å². The number of alkyl halides is 1. The molecular formula is C13H17BrO. The van der Waals surface area contributed by atoms with E-state index >= 15 is 0 Å². The zero-order valence-corrected chi connectivity index (χ0v) is 10.5. The van der Waals surface area contributed by atoms with Crippen LogP contribution in [0.2, 0.25) is 0 Å². The predicted molar refractivity (Wildman–Crippen MR) is 66.2 cm³/mol. The molecule has 1 aromatic carbocycles. The zero-order valence-electron chi connectivity index (χ0n) is 8.92. The second-order valence-electron chi connectivity index (χ2n) is 4.42. The van der Waals surface area contributed by atoms with Gasteiger partial charge in [0, 0.05) is 5.33 Å². The Morgan fingerprint density at radius 3 is 2.53 bits per heavy atom. The summed E-state index contributed by atoms with van der Waals surface area (Å²) in [5.41, 5.74) is 1.78. The monoisotopic (exact) mass is 268 g/mol. The second kappa shape index (κ2) is 5.13. The highest BCUT2D eigenvalue weighted by Gasteiger charge is 2.41. The summed E-state index contributed by atoms with van der Waals surface area (Å²) in [4.78, 5) is 0. The molecule has 0 aromatic heterocycles. The van der Waals surface area contributed by atoms with Gasteiger partial charge in [0.2, 0.25) is 0 Å². The quantitative estimate of drug-likeness (QED) is 0.714. The van der Waals surface area contributed by atoms with Crippen LogP contribution in [0.1, 0.15) is 24.8 Å². The highest BCUT2D eigenvalue weighted by atomic mass is 79.9. The lowest BCUT2D eigenvalue weighted by molar-refractivity contribution is 0.0771. The van der Waals surface area contributed by atoms with E-state index in [9.17, 15) is 0 Å². The lowest BCUT2D eigenvalue weighted by Crippen LogP contribution is -2.11. The van der Waals surface area contributed by atoms with Gasteiger partial charge in [-0.05, 0) is 30.2 Å². The van der Waals surface area contributed by atoms with E-state index < -0.39 is 0 Å². The summed E-state index contributed by atoms with van der Waals surface area (Å²) in [5.74, 6) is 0. The molecule has 0 radical (unpaired) electrons. The van der Waals surface area contributed by atoms with Gasteiger partial charge in [0.1, 0.15) is 0 Å². The van der Waals surface area contributed by atoms with Crippen LogP contribution in [0.5, 0.6) is 0 Å². The van der Waals surface area contributed by atoms with E-state index in [1.807, 2.05) is 6.07 Å². The van der Waals surface area contributed by atoms with Crippen LogP contribution in [0.4, 0.5) is 0 Å². The number of ether oxygens (including phenoxy) is 1. The van der Waals surface area contributed by atoms with Crippen molar-refractivity contribution in [2.75, 3.05) is 11.9 Å². The molecule has 1 nitrogen and oxygen atoms in total. The minimum absolute atomic E-state index is 0.512. The molecule has 15 heavy (non-hydrogen) atoms. The Kier molecular flexibility index (Phi) is 3.81. The number of halogens is 1. The van der Waals surface area contributed by atoms with E-state index in [1.54, 1.807) is 0 Å². The van der Waals surface area contributed by atoms with E-state index in [-0.39, 0.29) is 0 Å². The van der Waals surface area contributed by atoms with Crippen LogP contribution in [0, 0.1) is 5.41 Å². The molecule has 82 valence electrons. The second-order valence-corrected chi connectivity index (χ2v) is 5.21. The zero-order chi connectivity index (χ0) is 10.6. The largest absolute Gasteiger partial charge is 0.376 e. The van der Waals surface area contributed by atoms with E-state index in [2.05, 4.69) is 40.2 Å². The molecule has 1 aromatic rings. The lowest BCUT2D eigenvalue weighted by Gasteiger charge is -2.13. The highest BCUT2D eigenvalue weighted by molar-refractivity contribution is 9.09. The third kappa shape index (κ3) is 3.32. The number of rotatable bonds is 6. The van der Waals surface area contributed by atoms with Crippen molar-refractivity contribution in [3.8, 4) is 0 Å². The van der Waals surface area contributed by atoms with Crippen molar-refractivity contribution in [2.45, 2.75) is 25.9 Å². The Labute approximate surface area is 100.0 Å². The van der Waals surface area contributed by atoms with Gasteiger partial charge in [-0.3, -0.25) is 0 Å². The fourth-order valence-electron chi connectivity index (χ4n) is 1.80. The van der Waals surface area contributed by atoms with Gasteiger partial charge in [-0.1, -0.05) is 46.3 Å². The van der Waals surface area contributed by atoms with Crippen molar-refractivity contribution in [1.82, 2.24) is 0 Å². The molecule has 0 heterocycles. The van der Waals surface area contributed by atoms with Gasteiger partial charge < -0.3 is 4.74 Å². The first-order chi connectivity index (χ1) is 7.35. The van der Waals surface area contributed by atoms with Gasteiger partial charge >= 0.3 is 0 Å². The Bertz CT molecular complexity index is 293. The van der Waals surface area contributed by atoms with Crippen LogP contribution in [-0.4, -0.2) is 11.9 Å². The third-order valence-corrected chi connectivity index (χ3v) is 3.50. The molecule has 0 atom stereocenters. The molecule has 1 fully saturated rings. The average molecular weight is 269 g/mol. The van der Waals surface area contributed by atoms with Crippen molar-refractivity contribution in [1.29, 1.82) is 0 Å². The van der Waals surface area contributed by atoms with Crippen molar-refractivity contribution in [3.05, 3.63) is 35.9 Å². The van der Waals surface area contributed by atoms with Crippen molar-refractivity contribution in [2.24, 2.45) is 5.41 Å². The summed E-state index contributed by atoms with van der Waals surface area (Å²) in [7, 11) is 0. The van der Waals surface area contributed by atoms with Crippen molar-refractivity contribution >= 4 is 15.9 Å². The van der Waals surface area contributed by atoms with Gasteiger partial charge in [0.25, 0.3) is 0 Å². The lowest BCUT2D eigenvalue weighted by atomic mass is 10.1. The summed E-state index contributed by atoms with van der Waals surface area (Å²) in [5, 5.41) is 1.10. The SMILES string of the molecule is BrCCC1(COCc2ccccc2)CC1. The molecule has 1 saturated carbocycles. The number of benzene rings is 1. The molecule has 1 aliphatic carbocycles. The Balaban J connectivity index is 1.71. The van der Waals surface area contributed by atoms with Crippen LogP contribution in [0.15, 0.2) is 30.3 Å². The van der Waals surface area contributed by atoms with E-state index in [0.29, 0.717) is 5.41 Å². The Morgan fingerprint density at radius 1 is 1.20 bits per heavy atom. The maximum Gasteiger partial charge on any atom is 0.0717 e. The molecule has 1 aliphatic rings. The Hall–Kier alpha value is -0.340. The van der Waals surface area contributed by atoms with Crippen molar-refractivity contribution in [3.63, 3.8) is 0 Å². The van der Waals surface area contributed by atoms with Gasteiger partial charge in [-0.2, -0.15) is 0 Å². The van der Waals surface area contributed by atoms with Crippen LogP contribution in [-0.2, 0) is 11.3 Å². The maximum absolute atomic E-state index is 5.78. The maximum atomic E-state index is 5.78. The summed E-state index contributed by atoms with van der Waals surface area (Å²) >= 11 is 3.51. The summed E-state index contributed by atoms with van der Waals surface area (Å²) in [6, 6.07) is 10.4. The summed E-state index contributed by atoms with van der Waals surface area (Å²) in [6.45, 7) is 1.68. The topological polar surface area (TPSA) is 9.23 Å². The van der Waals surface area contributed by atoms with Crippen LogP contribution < -0.4 is 0 Å². The van der Waals surface area contributed by atoms with Crippen LogP contribution in [0.3, 0.4) is 0 Å². The molecule has 0 bridgehead atoms. The van der Waals surface area contributed by atoms with Crippen LogP contribution >= 0.6 is 15.9 Å². The van der Waals surface area contributed by atoms with Gasteiger partial charge in [0.05, 0.1) is 13.2 Å². The summed E-state index contributed by atoms with van der Waals surface area (Å²) in [6.07, 6.45) is 3.93. The van der Waals surface area contributed by atoms with Gasteiger partial charge in [-0.15, -0.1) is 0 Å². The fraction of sp³-hybridized carbons (Fsp3) is 0.538. The first-order valence-corrected chi connectivity index (χ1v) is 6.64. The normalized spacial score (nSPS) is 17.7. The molecule has 0 saturated heterocycles. The molecule has 0 amide bonds. The highest BCUT2D eigenvalue weighted by Crippen LogP contribution is 2.49. The third-order valence-electron chi connectivity index (χ3n) is 3.10. The standard InChI is InChI=1S/C13H17BrO/c14-9-8-13(6-7-13)11-15-10-12-4-2-1-3-5-12/h1-5H,6-11H2. The van der Waals surface area contributed by atoms with E-state index in [4.69, 9.17) is 4.74 Å². The molecule has 0 unspecified atom stereocenters.